The first-order valence-corrected chi connectivity index (χ1v) is 9.21. The largest absolute Gasteiger partial charge is 0.306 e. The van der Waals surface area contributed by atoms with Gasteiger partial charge in [-0.2, -0.15) is 0 Å². The van der Waals surface area contributed by atoms with Crippen LogP contribution in [0.1, 0.15) is 23.4 Å². The van der Waals surface area contributed by atoms with Crippen molar-refractivity contribution >= 4 is 60.3 Å². The summed E-state index contributed by atoms with van der Waals surface area (Å²) in [6, 6.07) is 10.8. The van der Waals surface area contributed by atoms with Crippen LogP contribution < -0.4 is 5.32 Å². The Labute approximate surface area is 139 Å². The first kappa shape index (κ1) is 14.5. The highest BCUT2D eigenvalue weighted by Gasteiger charge is 2.20. The van der Waals surface area contributed by atoms with Crippen molar-refractivity contribution in [3.8, 4) is 0 Å². The van der Waals surface area contributed by atoms with Crippen molar-refractivity contribution in [2.75, 3.05) is 6.54 Å². The van der Waals surface area contributed by atoms with Crippen LogP contribution in [0.4, 0.5) is 0 Å². The molecule has 0 fully saturated rings. The van der Waals surface area contributed by atoms with Crippen molar-refractivity contribution in [3.63, 3.8) is 0 Å². The number of hydrogen-bond donors (Lipinski definition) is 1. The minimum absolute atomic E-state index is 0.199. The smallest absolute Gasteiger partial charge is 0.0888 e. The summed E-state index contributed by atoms with van der Waals surface area (Å²) in [6.45, 7) is 3.05. The summed E-state index contributed by atoms with van der Waals surface area (Å²) in [5, 5.41) is 7.93. The van der Waals surface area contributed by atoms with Crippen LogP contribution in [0.2, 0.25) is 5.02 Å². The second-order valence-corrected chi connectivity index (χ2v) is 8.17. The van der Waals surface area contributed by atoms with E-state index >= 15 is 0 Å². The molecule has 0 aliphatic carbocycles. The maximum Gasteiger partial charge on any atom is 0.0888 e. The lowest BCUT2D eigenvalue weighted by Crippen LogP contribution is -2.20. The maximum absolute atomic E-state index is 6.19. The van der Waals surface area contributed by atoms with Crippen LogP contribution in [0, 0.1) is 0 Å². The molecule has 1 N–H and O–H groups in total. The number of thiophene rings is 2. The van der Waals surface area contributed by atoms with Crippen LogP contribution in [0.5, 0.6) is 0 Å². The van der Waals surface area contributed by atoms with Gasteiger partial charge >= 0.3 is 0 Å². The first-order chi connectivity index (χ1) is 9.70. The third-order valence-corrected chi connectivity index (χ3v) is 6.70. The second kappa shape index (κ2) is 6.16. The topological polar surface area (TPSA) is 12.0 Å². The molecular weight excluding hydrogens is 374 g/mol. The Balaban J connectivity index is 2.10. The van der Waals surface area contributed by atoms with E-state index in [9.17, 15) is 0 Å². The molecule has 1 unspecified atom stereocenters. The van der Waals surface area contributed by atoms with Crippen LogP contribution in [0.25, 0.3) is 10.1 Å². The van der Waals surface area contributed by atoms with E-state index in [4.69, 9.17) is 11.6 Å². The quantitative estimate of drug-likeness (QED) is 0.573. The zero-order valence-electron chi connectivity index (χ0n) is 10.8. The van der Waals surface area contributed by atoms with Gasteiger partial charge in [0.15, 0.2) is 0 Å². The molecule has 5 heteroatoms. The van der Waals surface area contributed by atoms with E-state index in [0.29, 0.717) is 0 Å². The van der Waals surface area contributed by atoms with Crippen molar-refractivity contribution in [2.24, 2.45) is 0 Å². The fourth-order valence-electron chi connectivity index (χ4n) is 2.30. The second-order valence-electron chi connectivity index (χ2n) is 4.45. The molecule has 20 heavy (non-hydrogen) atoms. The normalized spacial score (nSPS) is 12.9. The van der Waals surface area contributed by atoms with E-state index in [2.05, 4.69) is 63.9 Å². The van der Waals surface area contributed by atoms with Gasteiger partial charge in [0.05, 0.1) is 14.9 Å². The molecule has 0 saturated heterocycles. The van der Waals surface area contributed by atoms with Crippen LogP contribution in [-0.2, 0) is 0 Å². The molecule has 3 rings (SSSR count). The number of rotatable bonds is 4. The molecule has 0 aliphatic heterocycles. The number of nitrogens with one attached hydrogen (secondary N) is 1. The molecule has 0 spiro atoms. The monoisotopic (exact) mass is 385 g/mol. The SMILES string of the molecule is CCNC(c1cc(Cl)c(Br)s1)c1csc2ccccc12. The van der Waals surface area contributed by atoms with E-state index in [1.165, 1.54) is 20.5 Å². The highest BCUT2D eigenvalue weighted by molar-refractivity contribution is 9.11. The first-order valence-electron chi connectivity index (χ1n) is 6.35. The molecule has 0 bridgehead atoms. The van der Waals surface area contributed by atoms with E-state index < -0.39 is 0 Å². The van der Waals surface area contributed by atoms with Gasteiger partial charge in [-0.05, 0) is 50.9 Å². The van der Waals surface area contributed by atoms with Crippen molar-refractivity contribution < 1.29 is 0 Å². The van der Waals surface area contributed by atoms with Crippen LogP contribution >= 0.6 is 50.2 Å². The van der Waals surface area contributed by atoms with Gasteiger partial charge in [0.25, 0.3) is 0 Å². The average molecular weight is 387 g/mol. The molecule has 0 saturated carbocycles. The van der Waals surface area contributed by atoms with Gasteiger partial charge in [-0.25, -0.2) is 0 Å². The highest BCUT2D eigenvalue weighted by atomic mass is 79.9. The number of fused-ring (bicyclic) bond motifs is 1. The standard InChI is InChI=1S/C15H13BrClNS2/c1-2-18-14(13-7-11(17)15(16)20-13)10-8-19-12-6-4-3-5-9(10)12/h3-8,14,18H,2H2,1H3. The molecule has 0 aliphatic rings. The highest BCUT2D eigenvalue weighted by Crippen LogP contribution is 2.40. The molecular formula is C15H13BrClNS2. The lowest BCUT2D eigenvalue weighted by molar-refractivity contribution is 0.645. The Hall–Kier alpha value is -0.390. The Morgan fingerprint density at radius 1 is 1.35 bits per heavy atom. The maximum atomic E-state index is 6.19. The van der Waals surface area contributed by atoms with E-state index in [1.54, 1.807) is 22.7 Å². The molecule has 1 aromatic carbocycles. The summed E-state index contributed by atoms with van der Waals surface area (Å²) >= 11 is 13.2. The van der Waals surface area contributed by atoms with Gasteiger partial charge in [-0.1, -0.05) is 36.7 Å². The minimum Gasteiger partial charge on any atom is -0.306 e. The van der Waals surface area contributed by atoms with Crippen LogP contribution in [0.3, 0.4) is 0 Å². The van der Waals surface area contributed by atoms with Crippen molar-refractivity contribution in [2.45, 2.75) is 13.0 Å². The predicted octanol–water partition coefficient (Wildman–Crippen LogP) is 6.08. The number of hydrogen-bond acceptors (Lipinski definition) is 3. The Morgan fingerprint density at radius 2 is 2.15 bits per heavy atom. The number of halogens is 2. The summed E-state index contributed by atoms with van der Waals surface area (Å²) < 4.78 is 2.32. The lowest BCUT2D eigenvalue weighted by atomic mass is 10.0. The molecule has 0 radical (unpaired) electrons. The van der Waals surface area contributed by atoms with Gasteiger partial charge in [0.1, 0.15) is 0 Å². The third kappa shape index (κ3) is 2.68. The zero-order valence-corrected chi connectivity index (χ0v) is 14.8. The van der Waals surface area contributed by atoms with Gasteiger partial charge in [-0.15, -0.1) is 22.7 Å². The van der Waals surface area contributed by atoms with E-state index in [0.717, 1.165) is 15.4 Å². The summed E-state index contributed by atoms with van der Waals surface area (Å²) in [7, 11) is 0. The van der Waals surface area contributed by atoms with E-state index in [-0.39, 0.29) is 6.04 Å². The summed E-state index contributed by atoms with van der Waals surface area (Å²) in [5.41, 5.74) is 1.33. The average Bonchev–Trinajstić information content (AvgIpc) is 3.01. The summed E-state index contributed by atoms with van der Waals surface area (Å²) in [6.07, 6.45) is 0. The molecule has 104 valence electrons. The van der Waals surface area contributed by atoms with Gasteiger partial charge in [0.2, 0.25) is 0 Å². The van der Waals surface area contributed by atoms with Crippen molar-refractivity contribution in [1.29, 1.82) is 0 Å². The Bertz CT molecular complexity index is 715. The van der Waals surface area contributed by atoms with Crippen molar-refractivity contribution in [1.82, 2.24) is 5.32 Å². The minimum atomic E-state index is 0.199. The molecule has 0 amide bonds. The fourth-order valence-corrected chi connectivity index (χ4v) is 5.12. The van der Waals surface area contributed by atoms with Gasteiger partial charge < -0.3 is 5.32 Å². The molecule has 2 aromatic heterocycles. The van der Waals surface area contributed by atoms with Crippen LogP contribution in [0.15, 0.2) is 39.5 Å². The predicted molar refractivity (Wildman–Crippen MR) is 94.4 cm³/mol. The summed E-state index contributed by atoms with van der Waals surface area (Å²) in [5.74, 6) is 0. The fraction of sp³-hybridized carbons (Fsp3) is 0.200. The molecule has 3 aromatic rings. The zero-order chi connectivity index (χ0) is 14.1. The Kier molecular flexibility index (Phi) is 4.48. The van der Waals surface area contributed by atoms with Crippen molar-refractivity contribution in [3.05, 3.63) is 55.0 Å². The Morgan fingerprint density at radius 3 is 2.85 bits per heavy atom. The van der Waals surface area contributed by atoms with Crippen LogP contribution in [-0.4, -0.2) is 6.54 Å². The third-order valence-electron chi connectivity index (χ3n) is 3.18. The van der Waals surface area contributed by atoms with Gasteiger partial charge in [0, 0.05) is 9.58 Å². The summed E-state index contributed by atoms with van der Waals surface area (Å²) in [4.78, 5) is 1.24. The van der Waals surface area contributed by atoms with E-state index in [1.807, 2.05) is 0 Å². The molecule has 1 atom stereocenters. The molecule has 1 nitrogen and oxygen atoms in total. The molecule has 2 heterocycles. The number of benzene rings is 1. The lowest BCUT2D eigenvalue weighted by Gasteiger charge is -2.16. The van der Waals surface area contributed by atoms with Gasteiger partial charge in [-0.3, -0.25) is 0 Å².